The lowest BCUT2D eigenvalue weighted by atomic mass is 10.1. The molecule has 0 spiro atoms. The van der Waals surface area contributed by atoms with Crippen molar-refractivity contribution in [1.82, 2.24) is 10.2 Å². The van der Waals surface area contributed by atoms with Crippen LogP contribution in [0, 0.1) is 13.8 Å². The molecule has 3 aromatic rings. The summed E-state index contributed by atoms with van der Waals surface area (Å²) >= 11 is 12.4. The summed E-state index contributed by atoms with van der Waals surface area (Å²) in [4.78, 5) is 29.1. The molecule has 12 heteroatoms. The van der Waals surface area contributed by atoms with E-state index in [1.165, 1.54) is 37.3 Å². The van der Waals surface area contributed by atoms with Gasteiger partial charge >= 0.3 is 0 Å². The van der Waals surface area contributed by atoms with Gasteiger partial charge in [-0.05, 0) is 86.7 Å². The number of anilines is 1. The van der Waals surface area contributed by atoms with Crippen LogP contribution < -0.4 is 19.1 Å². The van der Waals surface area contributed by atoms with Gasteiger partial charge in [0.2, 0.25) is 11.8 Å². The molecule has 0 saturated carbocycles. The molecule has 0 bridgehead atoms. The molecule has 0 radical (unpaired) electrons. The van der Waals surface area contributed by atoms with Gasteiger partial charge in [0.25, 0.3) is 10.0 Å². The molecular weight excluding hydrogens is 637 g/mol. The van der Waals surface area contributed by atoms with E-state index in [9.17, 15) is 18.0 Å². The molecule has 2 amide bonds. The van der Waals surface area contributed by atoms with E-state index in [-0.39, 0.29) is 29.1 Å². The molecule has 244 valence electrons. The van der Waals surface area contributed by atoms with E-state index < -0.39 is 28.5 Å². The number of rotatable bonds is 14. The zero-order valence-electron chi connectivity index (χ0n) is 26.7. The monoisotopic (exact) mass is 677 g/mol. The average Bonchev–Trinajstić information content (AvgIpc) is 3.00. The Labute approximate surface area is 276 Å². The first-order chi connectivity index (χ1) is 21.2. The van der Waals surface area contributed by atoms with Gasteiger partial charge in [-0.1, -0.05) is 49.2 Å². The number of amides is 2. The molecule has 3 aromatic carbocycles. The SMILES string of the molecule is CC[C@H](C)NC(=O)[C@H](CC)N(Cc1ccc(Cl)c(Cl)c1)C(=O)CN(c1cc(C)cc(C)c1)S(=O)(=O)c1ccc(OC)c(OC)c1. The first-order valence-electron chi connectivity index (χ1n) is 14.6. The number of nitrogens with zero attached hydrogens (tertiary/aromatic N) is 2. The molecule has 45 heavy (non-hydrogen) atoms. The summed E-state index contributed by atoms with van der Waals surface area (Å²) in [5.74, 6) is -0.327. The molecular formula is C33H41Cl2N3O6S. The number of aryl methyl sites for hydroxylation is 2. The van der Waals surface area contributed by atoms with E-state index in [4.69, 9.17) is 32.7 Å². The van der Waals surface area contributed by atoms with E-state index in [0.29, 0.717) is 39.9 Å². The second-order valence-electron chi connectivity index (χ2n) is 10.9. The first-order valence-corrected chi connectivity index (χ1v) is 16.8. The van der Waals surface area contributed by atoms with Crippen LogP contribution in [0.3, 0.4) is 0 Å². The molecule has 1 N–H and O–H groups in total. The fourth-order valence-corrected chi connectivity index (χ4v) is 6.66. The second-order valence-corrected chi connectivity index (χ2v) is 13.6. The highest BCUT2D eigenvalue weighted by Gasteiger charge is 2.34. The molecule has 0 aliphatic heterocycles. The third-order valence-corrected chi connectivity index (χ3v) is 9.95. The Kier molecular flexibility index (Phi) is 12.6. The van der Waals surface area contributed by atoms with Gasteiger partial charge in [0.05, 0.1) is 34.8 Å². The van der Waals surface area contributed by atoms with Gasteiger partial charge < -0.3 is 19.7 Å². The molecule has 0 unspecified atom stereocenters. The first kappa shape index (κ1) is 36.0. The smallest absolute Gasteiger partial charge is 0.264 e. The number of hydrogen-bond acceptors (Lipinski definition) is 6. The predicted octanol–water partition coefficient (Wildman–Crippen LogP) is 6.54. The van der Waals surface area contributed by atoms with Gasteiger partial charge in [-0.2, -0.15) is 0 Å². The summed E-state index contributed by atoms with van der Waals surface area (Å²) in [7, 11) is -1.46. The van der Waals surface area contributed by atoms with Crippen molar-refractivity contribution < 1.29 is 27.5 Å². The fraction of sp³-hybridized carbons (Fsp3) is 0.394. The zero-order valence-corrected chi connectivity index (χ0v) is 29.0. The van der Waals surface area contributed by atoms with Gasteiger partial charge in [-0.25, -0.2) is 8.42 Å². The maximum atomic E-state index is 14.4. The van der Waals surface area contributed by atoms with Gasteiger partial charge in [-0.15, -0.1) is 0 Å². The predicted molar refractivity (Wildman–Crippen MR) is 179 cm³/mol. The van der Waals surface area contributed by atoms with E-state index in [1.54, 1.807) is 37.3 Å². The van der Waals surface area contributed by atoms with Gasteiger partial charge in [-0.3, -0.25) is 13.9 Å². The van der Waals surface area contributed by atoms with Crippen molar-refractivity contribution in [3.63, 3.8) is 0 Å². The quantitative estimate of drug-likeness (QED) is 0.208. The van der Waals surface area contributed by atoms with Crippen LogP contribution >= 0.6 is 23.2 Å². The Morgan fingerprint density at radius 2 is 1.51 bits per heavy atom. The van der Waals surface area contributed by atoms with Crippen molar-refractivity contribution >= 4 is 50.7 Å². The number of carbonyl (C=O) groups is 2. The third kappa shape index (κ3) is 8.83. The molecule has 0 fully saturated rings. The van der Waals surface area contributed by atoms with Crippen molar-refractivity contribution in [1.29, 1.82) is 0 Å². The molecule has 0 saturated heterocycles. The summed E-state index contributed by atoms with van der Waals surface area (Å²) in [5, 5.41) is 3.61. The van der Waals surface area contributed by atoms with Gasteiger partial charge in [0, 0.05) is 18.7 Å². The lowest BCUT2D eigenvalue weighted by molar-refractivity contribution is -0.140. The Morgan fingerprint density at radius 1 is 0.867 bits per heavy atom. The average molecular weight is 679 g/mol. The van der Waals surface area contributed by atoms with Crippen molar-refractivity contribution in [2.45, 2.75) is 71.0 Å². The van der Waals surface area contributed by atoms with E-state index in [0.717, 1.165) is 15.4 Å². The van der Waals surface area contributed by atoms with Gasteiger partial charge in [0.15, 0.2) is 11.5 Å². The van der Waals surface area contributed by atoms with Crippen molar-refractivity contribution in [3.05, 3.63) is 81.3 Å². The van der Waals surface area contributed by atoms with Crippen LogP contribution in [0.5, 0.6) is 11.5 Å². The molecule has 3 rings (SSSR count). The second kappa shape index (κ2) is 15.7. The van der Waals surface area contributed by atoms with E-state index >= 15 is 0 Å². The highest BCUT2D eigenvalue weighted by molar-refractivity contribution is 7.92. The normalized spacial score (nSPS) is 12.6. The summed E-state index contributed by atoms with van der Waals surface area (Å²) < 4.78 is 40.4. The lowest BCUT2D eigenvalue weighted by Crippen LogP contribution is -2.53. The van der Waals surface area contributed by atoms with Crippen LogP contribution in [-0.4, -0.2) is 58.0 Å². The molecule has 2 atom stereocenters. The van der Waals surface area contributed by atoms with E-state index in [1.807, 2.05) is 33.8 Å². The largest absolute Gasteiger partial charge is 0.493 e. The standard InChI is InChI=1S/C33H41Cl2N3O6S/c1-8-23(5)36-33(40)29(9-2)37(19-24-10-12-27(34)28(35)17-24)32(39)20-38(25-15-21(3)14-22(4)16-25)45(41,42)26-11-13-30(43-6)31(18-26)44-7/h10-18,23,29H,8-9,19-20H2,1-7H3,(H,36,40)/t23-,29-/m0/s1. The molecule has 0 aromatic heterocycles. The van der Waals surface area contributed by atoms with Crippen molar-refractivity contribution in [3.8, 4) is 11.5 Å². The number of ether oxygens (including phenoxy) is 2. The number of hydrogen-bond donors (Lipinski definition) is 1. The summed E-state index contributed by atoms with van der Waals surface area (Å²) in [6.07, 6.45) is 0.994. The van der Waals surface area contributed by atoms with Crippen LogP contribution in [0.1, 0.15) is 50.3 Å². The summed E-state index contributed by atoms with van der Waals surface area (Å²) in [6, 6.07) is 13.5. The molecule has 0 aliphatic carbocycles. The number of nitrogens with one attached hydrogen (secondary N) is 1. The number of halogens is 2. The maximum Gasteiger partial charge on any atom is 0.264 e. The number of carbonyl (C=O) groups excluding carboxylic acids is 2. The third-order valence-electron chi connectivity index (χ3n) is 7.44. The van der Waals surface area contributed by atoms with Crippen LogP contribution in [0.2, 0.25) is 10.0 Å². The lowest BCUT2D eigenvalue weighted by Gasteiger charge is -2.34. The van der Waals surface area contributed by atoms with Crippen molar-refractivity contribution in [2.24, 2.45) is 0 Å². The Morgan fingerprint density at radius 3 is 2.07 bits per heavy atom. The zero-order chi connectivity index (χ0) is 33.5. The highest BCUT2D eigenvalue weighted by Crippen LogP contribution is 2.33. The van der Waals surface area contributed by atoms with Crippen LogP contribution in [0.25, 0.3) is 0 Å². The number of sulfonamides is 1. The summed E-state index contributed by atoms with van der Waals surface area (Å²) in [5.41, 5.74) is 2.57. The van der Waals surface area contributed by atoms with Crippen LogP contribution in [0.4, 0.5) is 5.69 Å². The minimum absolute atomic E-state index is 0.000748. The van der Waals surface area contributed by atoms with Crippen molar-refractivity contribution in [2.75, 3.05) is 25.1 Å². The van der Waals surface area contributed by atoms with Crippen LogP contribution in [0.15, 0.2) is 59.5 Å². The Balaban J connectivity index is 2.15. The highest BCUT2D eigenvalue weighted by atomic mass is 35.5. The number of methoxy groups -OCH3 is 2. The molecule has 9 nitrogen and oxygen atoms in total. The van der Waals surface area contributed by atoms with Gasteiger partial charge in [0.1, 0.15) is 12.6 Å². The molecule has 0 aliphatic rings. The Hall–Kier alpha value is -3.47. The molecule has 0 heterocycles. The minimum atomic E-state index is -4.32. The summed E-state index contributed by atoms with van der Waals surface area (Å²) in [6.45, 7) is 8.76. The Bertz CT molecular complexity index is 1610. The topological polar surface area (TPSA) is 105 Å². The fourth-order valence-electron chi connectivity index (χ4n) is 4.92. The van der Waals surface area contributed by atoms with Crippen LogP contribution in [-0.2, 0) is 26.2 Å². The number of benzene rings is 3. The van der Waals surface area contributed by atoms with E-state index in [2.05, 4.69) is 5.32 Å². The maximum absolute atomic E-state index is 14.4. The minimum Gasteiger partial charge on any atom is -0.493 e.